The van der Waals surface area contributed by atoms with Gasteiger partial charge in [-0.15, -0.1) is 0 Å². The lowest BCUT2D eigenvalue weighted by molar-refractivity contribution is 0.0697. The predicted octanol–water partition coefficient (Wildman–Crippen LogP) is 2.93. The fourth-order valence-electron chi connectivity index (χ4n) is 2.56. The number of carbonyl (C=O) groups is 1. The maximum Gasteiger partial charge on any atom is 0.335 e. The summed E-state index contributed by atoms with van der Waals surface area (Å²) < 4.78 is 40.6. The van der Waals surface area contributed by atoms with Crippen molar-refractivity contribution in [2.45, 2.75) is 11.3 Å². The first-order valence-corrected chi connectivity index (χ1v) is 8.47. The number of carboxylic acids is 1. The molecule has 23 heavy (non-hydrogen) atoms. The first-order chi connectivity index (χ1) is 10.8. The summed E-state index contributed by atoms with van der Waals surface area (Å²) >= 11 is 5.66. The number of carboxylic acid groups (broad SMARTS) is 1. The standard InChI is InChI=1S/C15H11ClFNO4S/c16-11-2-1-3-13(14(11)17)23(21,22)18-7-6-9-8-10(15(19)20)4-5-12(9)18/h1-5,8H,6-7H2,(H,19,20). The molecule has 0 radical (unpaired) electrons. The first kappa shape index (κ1) is 15.8. The lowest BCUT2D eigenvalue weighted by Crippen LogP contribution is -2.29. The summed E-state index contributed by atoms with van der Waals surface area (Å²) in [6.45, 7) is 0.118. The molecule has 1 heterocycles. The Labute approximate surface area is 137 Å². The molecule has 120 valence electrons. The number of rotatable bonds is 3. The number of sulfonamides is 1. The van der Waals surface area contributed by atoms with E-state index in [0.29, 0.717) is 17.7 Å². The van der Waals surface area contributed by atoms with Crippen LogP contribution in [0, 0.1) is 5.82 Å². The zero-order valence-corrected chi connectivity index (χ0v) is 13.2. The van der Waals surface area contributed by atoms with Crippen molar-refractivity contribution < 1.29 is 22.7 Å². The Morgan fingerprint density at radius 3 is 2.70 bits per heavy atom. The lowest BCUT2D eigenvalue weighted by Gasteiger charge is -2.20. The number of halogens is 2. The molecule has 2 aromatic carbocycles. The lowest BCUT2D eigenvalue weighted by atomic mass is 10.1. The van der Waals surface area contributed by atoms with Gasteiger partial charge in [0.1, 0.15) is 4.90 Å². The minimum Gasteiger partial charge on any atom is -0.478 e. The molecule has 1 N–H and O–H groups in total. The average molecular weight is 356 g/mol. The zero-order valence-electron chi connectivity index (χ0n) is 11.7. The Morgan fingerprint density at radius 2 is 2.00 bits per heavy atom. The third-order valence-electron chi connectivity index (χ3n) is 3.66. The van der Waals surface area contributed by atoms with Crippen molar-refractivity contribution >= 4 is 33.3 Å². The van der Waals surface area contributed by atoms with Gasteiger partial charge in [-0.3, -0.25) is 4.31 Å². The van der Waals surface area contributed by atoms with Gasteiger partial charge in [-0.2, -0.15) is 0 Å². The molecule has 0 aromatic heterocycles. The fraction of sp³-hybridized carbons (Fsp3) is 0.133. The van der Waals surface area contributed by atoms with Crippen LogP contribution in [0.4, 0.5) is 10.1 Å². The van der Waals surface area contributed by atoms with Crippen LogP contribution < -0.4 is 4.31 Å². The third-order valence-corrected chi connectivity index (χ3v) is 5.79. The monoisotopic (exact) mass is 355 g/mol. The molecule has 0 spiro atoms. The largest absolute Gasteiger partial charge is 0.478 e. The van der Waals surface area contributed by atoms with Gasteiger partial charge in [0.2, 0.25) is 0 Å². The van der Waals surface area contributed by atoms with E-state index in [1.54, 1.807) is 0 Å². The van der Waals surface area contributed by atoms with Crippen molar-refractivity contribution in [3.8, 4) is 0 Å². The second-order valence-electron chi connectivity index (χ2n) is 5.03. The maximum absolute atomic E-state index is 14.1. The normalized spacial score (nSPS) is 13.9. The number of benzene rings is 2. The Morgan fingerprint density at radius 1 is 1.26 bits per heavy atom. The summed E-state index contributed by atoms with van der Waals surface area (Å²) in [5.41, 5.74) is 1.03. The van der Waals surface area contributed by atoms with Gasteiger partial charge in [-0.1, -0.05) is 17.7 Å². The van der Waals surface area contributed by atoms with Crippen LogP contribution in [0.15, 0.2) is 41.3 Å². The van der Waals surface area contributed by atoms with Crippen LogP contribution in [-0.4, -0.2) is 26.0 Å². The minimum absolute atomic E-state index is 0.0805. The van der Waals surface area contributed by atoms with E-state index in [9.17, 15) is 17.6 Å². The summed E-state index contributed by atoms with van der Waals surface area (Å²) in [5, 5.41) is 8.72. The summed E-state index contributed by atoms with van der Waals surface area (Å²) in [5.74, 6) is -2.08. The third kappa shape index (κ3) is 2.55. The Balaban J connectivity index is 2.08. The number of nitrogens with zero attached hydrogens (tertiary/aromatic N) is 1. The molecule has 2 aromatic rings. The summed E-state index contributed by atoms with van der Waals surface area (Å²) in [7, 11) is -4.11. The van der Waals surface area contributed by atoms with Crippen molar-refractivity contribution in [2.24, 2.45) is 0 Å². The Kier molecular flexibility index (Phi) is 3.77. The highest BCUT2D eigenvalue weighted by atomic mass is 35.5. The molecule has 0 fully saturated rings. The van der Waals surface area contributed by atoms with Crippen LogP contribution in [-0.2, 0) is 16.4 Å². The predicted molar refractivity (Wildman–Crippen MR) is 83.0 cm³/mol. The van der Waals surface area contributed by atoms with Crippen LogP contribution in [0.3, 0.4) is 0 Å². The molecule has 0 aliphatic carbocycles. The smallest absolute Gasteiger partial charge is 0.335 e. The van der Waals surface area contributed by atoms with Crippen LogP contribution in [0.2, 0.25) is 5.02 Å². The van der Waals surface area contributed by atoms with Crippen LogP contribution in [0.5, 0.6) is 0 Å². The summed E-state index contributed by atoms with van der Waals surface area (Å²) in [6.07, 6.45) is 0.359. The van der Waals surface area contributed by atoms with E-state index >= 15 is 0 Å². The van der Waals surface area contributed by atoms with Crippen molar-refractivity contribution in [3.63, 3.8) is 0 Å². The minimum atomic E-state index is -4.11. The van der Waals surface area contributed by atoms with Crippen molar-refractivity contribution in [2.75, 3.05) is 10.8 Å². The average Bonchev–Trinajstić information content (AvgIpc) is 2.93. The fourth-order valence-corrected chi connectivity index (χ4v) is 4.38. The molecule has 1 aliphatic rings. The Hall–Kier alpha value is -2.12. The zero-order chi connectivity index (χ0) is 16.8. The summed E-state index contributed by atoms with van der Waals surface area (Å²) in [4.78, 5) is 10.5. The molecular formula is C15H11ClFNO4S. The van der Waals surface area contributed by atoms with E-state index in [2.05, 4.69) is 0 Å². The molecule has 0 unspecified atom stereocenters. The van der Waals surface area contributed by atoms with Gasteiger partial charge in [0.25, 0.3) is 10.0 Å². The molecule has 0 atom stereocenters. The Bertz CT molecular complexity index is 914. The van der Waals surface area contributed by atoms with E-state index in [1.807, 2.05) is 0 Å². The van der Waals surface area contributed by atoms with Gasteiger partial charge in [0.15, 0.2) is 5.82 Å². The molecule has 3 rings (SSSR count). The molecule has 5 nitrogen and oxygen atoms in total. The second-order valence-corrected chi connectivity index (χ2v) is 7.27. The molecule has 1 aliphatic heterocycles. The highest BCUT2D eigenvalue weighted by molar-refractivity contribution is 7.92. The SMILES string of the molecule is O=C(O)c1ccc2c(c1)CCN2S(=O)(=O)c1cccc(Cl)c1F. The van der Waals surface area contributed by atoms with Crippen LogP contribution >= 0.6 is 11.6 Å². The maximum atomic E-state index is 14.1. The van der Waals surface area contributed by atoms with Crippen molar-refractivity contribution in [1.82, 2.24) is 0 Å². The topological polar surface area (TPSA) is 74.7 Å². The van der Waals surface area contributed by atoms with Gasteiger partial charge in [0.05, 0.1) is 16.3 Å². The van der Waals surface area contributed by atoms with Gasteiger partial charge in [-0.25, -0.2) is 17.6 Å². The van der Waals surface area contributed by atoms with E-state index < -0.39 is 26.7 Å². The van der Waals surface area contributed by atoms with E-state index in [-0.39, 0.29) is 17.1 Å². The van der Waals surface area contributed by atoms with E-state index in [0.717, 1.165) is 10.4 Å². The summed E-state index contributed by atoms with van der Waals surface area (Å²) in [6, 6.07) is 7.96. The van der Waals surface area contributed by atoms with Gasteiger partial charge in [-0.05, 0) is 42.3 Å². The molecule has 0 amide bonds. The molecule has 0 saturated heterocycles. The molecular weight excluding hydrogens is 345 g/mol. The van der Waals surface area contributed by atoms with Gasteiger partial charge < -0.3 is 5.11 Å². The van der Waals surface area contributed by atoms with Crippen LogP contribution in [0.1, 0.15) is 15.9 Å². The number of hydrogen-bond acceptors (Lipinski definition) is 3. The van der Waals surface area contributed by atoms with Gasteiger partial charge in [0, 0.05) is 6.54 Å². The molecule has 0 saturated carbocycles. The first-order valence-electron chi connectivity index (χ1n) is 6.65. The number of anilines is 1. The molecule has 8 heteroatoms. The highest BCUT2D eigenvalue weighted by Gasteiger charge is 2.33. The number of aromatic carboxylic acids is 1. The number of hydrogen-bond donors (Lipinski definition) is 1. The highest BCUT2D eigenvalue weighted by Crippen LogP contribution is 2.35. The molecule has 0 bridgehead atoms. The quantitative estimate of drug-likeness (QED) is 0.918. The second kappa shape index (κ2) is 5.50. The van der Waals surface area contributed by atoms with Crippen LogP contribution in [0.25, 0.3) is 0 Å². The van der Waals surface area contributed by atoms with Crippen molar-refractivity contribution in [1.29, 1.82) is 0 Å². The number of fused-ring (bicyclic) bond motifs is 1. The van der Waals surface area contributed by atoms with Crippen molar-refractivity contribution in [3.05, 3.63) is 58.4 Å². The van der Waals surface area contributed by atoms with Gasteiger partial charge >= 0.3 is 5.97 Å². The van der Waals surface area contributed by atoms with E-state index in [4.69, 9.17) is 16.7 Å². The van der Waals surface area contributed by atoms with E-state index in [1.165, 1.54) is 30.3 Å².